The Morgan fingerprint density at radius 3 is 2.71 bits per heavy atom. The predicted molar refractivity (Wildman–Crippen MR) is 67.6 cm³/mol. The maximum atomic E-state index is 11.5. The fourth-order valence-electron chi connectivity index (χ4n) is 2.44. The summed E-state index contributed by atoms with van der Waals surface area (Å²) in [5.74, 6) is 0.600. The summed E-state index contributed by atoms with van der Waals surface area (Å²) in [6.45, 7) is 6.37. The third-order valence-corrected chi connectivity index (χ3v) is 3.76. The highest BCUT2D eigenvalue weighted by Gasteiger charge is 2.40. The van der Waals surface area contributed by atoms with Gasteiger partial charge in [-0.15, -0.1) is 0 Å². The van der Waals surface area contributed by atoms with Gasteiger partial charge in [0.15, 0.2) is 0 Å². The number of hydrogen-bond donors (Lipinski definition) is 1. The molecule has 0 radical (unpaired) electrons. The van der Waals surface area contributed by atoms with E-state index in [0.29, 0.717) is 12.3 Å². The fraction of sp³-hybridized carbons (Fsp3) is 0.571. The van der Waals surface area contributed by atoms with E-state index in [-0.39, 0.29) is 11.4 Å². The number of nitrogens with zero attached hydrogens (tertiary/aromatic N) is 1. The molecule has 1 unspecified atom stereocenters. The Morgan fingerprint density at radius 1 is 1.47 bits per heavy atom. The quantitative estimate of drug-likeness (QED) is 0.868. The van der Waals surface area contributed by atoms with Crippen molar-refractivity contribution in [3.8, 4) is 0 Å². The molecular formula is C14H20N2O. The van der Waals surface area contributed by atoms with Gasteiger partial charge in [-0.05, 0) is 30.9 Å². The maximum Gasteiger partial charge on any atom is 0.220 e. The second kappa shape index (κ2) is 4.47. The van der Waals surface area contributed by atoms with Crippen LogP contribution in [0.1, 0.15) is 37.9 Å². The average molecular weight is 232 g/mol. The van der Waals surface area contributed by atoms with Crippen molar-refractivity contribution in [3.05, 3.63) is 29.6 Å². The summed E-state index contributed by atoms with van der Waals surface area (Å²) in [5.41, 5.74) is 2.13. The predicted octanol–water partition coefficient (Wildman–Crippen LogP) is 2.24. The number of carbonyl (C=O) groups is 1. The minimum absolute atomic E-state index is 0.0979. The van der Waals surface area contributed by atoms with Gasteiger partial charge in [0.05, 0.1) is 0 Å². The van der Waals surface area contributed by atoms with Gasteiger partial charge >= 0.3 is 0 Å². The number of nitrogens with one attached hydrogen (secondary N) is 1. The van der Waals surface area contributed by atoms with Gasteiger partial charge in [0.1, 0.15) is 0 Å². The monoisotopic (exact) mass is 232 g/mol. The molecule has 1 aliphatic rings. The van der Waals surface area contributed by atoms with Gasteiger partial charge in [0.25, 0.3) is 0 Å². The third-order valence-electron chi connectivity index (χ3n) is 3.76. The Labute approximate surface area is 103 Å². The van der Waals surface area contributed by atoms with E-state index in [0.717, 1.165) is 18.5 Å². The van der Waals surface area contributed by atoms with Crippen LogP contribution < -0.4 is 5.32 Å². The summed E-state index contributed by atoms with van der Waals surface area (Å²) in [6.07, 6.45) is 4.28. The molecule has 92 valence electrons. The topological polar surface area (TPSA) is 42.0 Å². The molecule has 0 aromatic carbocycles. The largest absolute Gasteiger partial charge is 0.350 e. The van der Waals surface area contributed by atoms with Crippen LogP contribution in [0, 0.1) is 12.8 Å². The SMILES string of the molecule is Cc1ccc(CC2(C(C)C)CCC(=O)N2)nc1. The molecule has 1 N–H and O–H groups in total. The van der Waals surface area contributed by atoms with Crippen LogP contribution in [0.15, 0.2) is 18.3 Å². The standard InChI is InChI=1S/C14H20N2O/c1-10(2)14(7-6-13(17)16-14)8-12-5-4-11(3)9-15-12/h4-5,9-10H,6-8H2,1-3H3,(H,16,17). The van der Waals surface area contributed by atoms with Crippen molar-refractivity contribution in [2.24, 2.45) is 5.92 Å². The van der Waals surface area contributed by atoms with E-state index >= 15 is 0 Å². The minimum atomic E-state index is -0.0979. The summed E-state index contributed by atoms with van der Waals surface area (Å²) in [6, 6.07) is 4.14. The highest BCUT2D eigenvalue weighted by molar-refractivity contribution is 5.79. The molecule has 0 bridgehead atoms. The Kier molecular flexibility index (Phi) is 3.18. The minimum Gasteiger partial charge on any atom is -0.350 e. The van der Waals surface area contributed by atoms with Crippen molar-refractivity contribution in [1.82, 2.24) is 10.3 Å². The lowest BCUT2D eigenvalue weighted by Gasteiger charge is -2.33. The Balaban J connectivity index is 2.19. The number of pyridine rings is 1. The molecule has 1 saturated heterocycles. The second-order valence-corrected chi connectivity index (χ2v) is 5.36. The number of aryl methyl sites for hydroxylation is 1. The van der Waals surface area contributed by atoms with Gasteiger partial charge in [0.2, 0.25) is 5.91 Å². The second-order valence-electron chi connectivity index (χ2n) is 5.36. The van der Waals surface area contributed by atoms with E-state index in [2.05, 4.69) is 36.3 Å². The highest BCUT2D eigenvalue weighted by Crippen LogP contribution is 2.31. The fourth-order valence-corrected chi connectivity index (χ4v) is 2.44. The Bertz CT molecular complexity index is 411. The van der Waals surface area contributed by atoms with Crippen LogP contribution in [0.4, 0.5) is 0 Å². The molecule has 1 atom stereocenters. The van der Waals surface area contributed by atoms with Crippen molar-refractivity contribution in [1.29, 1.82) is 0 Å². The van der Waals surface area contributed by atoms with Crippen LogP contribution in [0.3, 0.4) is 0 Å². The van der Waals surface area contributed by atoms with Gasteiger partial charge < -0.3 is 5.32 Å². The van der Waals surface area contributed by atoms with Crippen LogP contribution >= 0.6 is 0 Å². The van der Waals surface area contributed by atoms with E-state index in [1.165, 1.54) is 5.56 Å². The molecule has 1 aromatic heterocycles. The summed E-state index contributed by atoms with van der Waals surface area (Å²) < 4.78 is 0. The number of aromatic nitrogens is 1. The molecular weight excluding hydrogens is 212 g/mol. The van der Waals surface area contributed by atoms with E-state index in [4.69, 9.17) is 0 Å². The number of carbonyl (C=O) groups excluding carboxylic acids is 1. The molecule has 0 spiro atoms. The normalized spacial score (nSPS) is 24.1. The molecule has 1 aliphatic heterocycles. The molecule has 1 fully saturated rings. The van der Waals surface area contributed by atoms with Crippen LogP contribution in [-0.2, 0) is 11.2 Å². The van der Waals surface area contributed by atoms with Gasteiger partial charge in [-0.1, -0.05) is 19.9 Å². The van der Waals surface area contributed by atoms with E-state index in [9.17, 15) is 4.79 Å². The first-order valence-corrected chi connectivity index (χ1v) is 6.24. The zero-order valence-electron chi connectivity index (χ0n) is 10.8. The first-order valence-electron chi connectivity index (χ1n) is 6.24. The molecule has 1 amide bonds. The van der Waals surface area contributed by atoms with Gasteiger partial charge in [-0.25, -0.2) is 0 Å². The van der Waals surface area contributed by atoms with Crippen LogP contribution in [-0.4, -0.2) is 16.4 Å². The zero-order chi connectivity index (χ0) is 12.5. The van der Waals surface area contributed by atoms with Crippen LogP contribution in [0.5, 0.6) is 0 Å². The van der Waals surface area contributed by atoms with E-state index < -0.39 is 0 Å². The first-order chi connectivity index (χ1) is 8.02. The molecule has 3 nitrogen and oxygen atoms in total. The molecule has 1 aromatic rings. The first kappa shape index (κ1) is 12.1. The summed E-state index contributed by atoms with van der Waals surface area (Å²) in [5, 5.41) is 3.15. The lowest BCUT2D eigenvalue weighted by Crippen LogP contribution is -2.48. The molecule has 2 heterocycles. The highest BCUT2D eigenvalue weighted by atomic mass is 16.2. The zero-order valence-corrected chi connectivity index (χ0v) is 10.8. The molecule has 2 rings (SSSR count). The third kappa shape index (κ3) is 2.48. The van der Waals surface area contributed by atoms with Gasteiger partial charge in [-0.3, -0.25) is 9.78 Å². The lowest BCUT2D eigenvalue weighted by molar-refractivity contribution is -0.120. The molecule has 17 heavy (non-hydrogen) atoms. The van der Waals surface area contributed by atoms with Crippen molar-refractivity contribution in [3.63, 3.8) is 0 Å². The van der Waals surface area contributed by atoms with Gasteiger partial charge in [0, 0.05) is 30.3 Å². The summed E-state index contributed by atoms with van der Waals surface area (Å²) in [7, 11) is 0. The van der Waals surface area contributed by atoms with E-state index in [1.54, 1.807) is 0 Å². The van der Waals surface area contributed by atoms with Gasteiger partial charge in [-0.2, -0.15) is 0 Å². The Hall–Kier alpha value is -1.38. The van der Waals surface area contributed by atoms with Crippen molar-refractivity contribution >= 4 is 5.91 Å². The number of rotatable bonds is 3. The van der Waals surface area contributed by atoms with Crippen LogP contribution in [0.25, 0.3) is 0 Å². The Morgan fingerprint density at radius 2 is 2.24 bits per heavy atom. The maximum absolute atomic E-state index is 11.5. The smallest absolute Gasteiger partial charge is 0.220 e. The summed E-state index contributed by atoms with van der Waals surface area (Å²) in [4.78, 5) is 15.9. The van der Waals surface area contributed by atoms with Crippen molar-refractivity contribution in [2.75, 3.05) is 0 Å². The van der Waals surface area contributed by atoms with Crippen molar-refractivity contribution < 1.29 is 4.79 Å². The van der Waals surface area contributed by atoms with Crippen LogP contribution in [0.2, 0.25) is 0 Å². The molecule has 3 heteroatoms. The average Bonchev–Trinajstić information content (AvgIpc) is 2.65. The summed E-state index contributed by atoms with van der Waals surface area (Å²) >= 11 is 0. The molecule has 0 saturated carbocycles. The number of hydrogen-bond acceptors (Lipinski definition) is 2. The van der Waals surface area contributed by atoms with E-state index in [1.807, 2.05) is 13.1 Å². The molecule has 0 aliphatic carbocycles. The number of amides is 1. The van der Waals surface area contributed by atoms with Crippen molar-refractivity contribution in [2.45, 2.75) is 45.6 Å². The lowest BCUT2D eigenvalue weighted by atomic mass is 9.81.